The fourth-order valence-electron chi connectivity index (χ4n) is 2.72. The number of nitrogens with zero attached hydrogens (tertiary/aromatic N) is 1. The van der Waals surface area contributed by atoms with Gasteiger partial charge in [-0.1, -0.05) is 31.2 Å². The number of para-hydroxylation sites is 1. The Balaban J connectivity index is 1.99. The van der Waals surface area contributed by atoms with Gasteiger partial charge in [0.25, 0.3) is 0 Å². The summed E-state index contributed by atoms with van der Waals surface area (Å²) < 4.78 is 45.7. The number of furan rings is 1. The molecule has 126 valence electrons. The summed E-state index contributed by atoms with van der Waals surface area (Å²) in [6.45, 7) is 2.13. The van der Waals surface area contributed by atoms with E-state index < -0.39 is 15.8 Å². The average Bonchev–Trinajstić information content (AvgIpc) is 2.92. The lowest BCUT2D eigenvalue weighted by Crippen LogP contribution is -2.26. The number of aryl methyl sites for hydroxylation is 1. The SMILES string of the molecule is CCc1oc2ccccc2c1CN(C)S(=O)(=O)c1cccc(F)c1. The molecule has 0 fully saturated rings. The molecule has 0 N–H and O–H groups in total. The third-order valence-electron chi connectivity index (χ3n) is 3.99. The van der Waals surface area contributed by atoms with Crippen molar-refractivity contribution in [2.24, 2.45) is 0 Å². The molecule has 0 saturated heterocycles. The van der Waals surface area contributed by atoms with Crippen LogP contribution in [-0.2, 0) is 23.0 Å². The van der Waals surface area contributed by atoms with Crippen LogP contribution in [0.4, 0.5) is 4.39 Å². The zero-order valence-electron chi connectivity index (χ0n) is 13.5. The fourth-order valence-corrected chi connectivity index (χ4v) is 3.89. The number of sulfonamides is 1. The summed E-state index contributed by atoms with van der Waals surface area (Å²) in [4.78, 5) is -0.0594. The Morgan fingerprint density at radius 3 is 2.58 bits per heavy atom. The Morgan fingerprint density at radius 2 is 1.88 bits per heavy atom. The molecule has 24 heavy (non-hydrogen) atoms. The standard InChI is InChI=1S/C18H18FNO3S/c1-3-17-16(15-9-4-5-10-18(15)23-17)12-20(2)24(21,22)14-8-6-7-13(19)11-14/h4-11H,3,12H2,1-2H3. The van der Waals surface area contributed by atoms with Crippen LogP contribution in [0.1, 0.15) is 18.2 Å². The van der Waals surface area contributed by atoms with Crippen LogP contribution in [0.5, 0.6) is 0 Å². The Morgan fingerprint density at radius 1 is 1.12 bits per heavy atom. The molecule has 0 aliphatic heterocycles. The van der Waals surface area contributed by atoms with Gasteiger partial charge >= 0.3 is 0 Å². The van der Waals surface area contributed by atoms with Gasteiger partial charge in [0, 0.05) is 31.0 Å². The molecule has 1 heterocycles. The third kappa shape index (κ3) is 2.95. The summed E-state index contributed by atoms with van der Waals surface area (Å²) in [6.07, 6.45) is 0.665. The van der Waals surface area contributed by atoms with Crippen molar-refractivity contribution in [2.75, 3.05) is 7.05 Å². The first-order valence-electron chi connectivity index (χ1n) is 7.64. The van der Waals surface area contributed by atoms with E-state index in [1.807, 2.05) is 31.2 Å². The normalized spacial score (nSPS) is 12.2. The first-order chi connectivity index (χ1) is 11.4. The highest BCUT2D eigenvalue weighted by molar-refractivity contribution is 7.89. The molecular weight excluding hydrogens is 329 g/mol. The minimum atomic E-state index is -3.78. The molecule has 0 spiro atoms. The van der Waals surface area contributed by atoms with E-state index in [0.29, 0.717) is 6.42 Å². The topological polar surface area (TPSA) is 50.5 Å². The molecule has 3 rings (SSSR count). The zero-order chi connectivity index (χ0) is 17.3. The van der Waals surface area contributed by atoms with Gasteiger partial charge in [-0.25, -0.2) is 12.8 Å². The van der Waals surface area contributed by atoms with E-state index >= 15 is 0 Å². The minimum Gasteiger partial charge on any atom is -0.461 e. The second-order valence-electron chi connectivity index (χ2n) is 5.57. The van der Waals surface area contributed by atoms with E-state index in [9.17, 15) is 12.8 Å². The van der Waals surface area contributed by atoms with Crippen LogP contribution in [0.15, 0.2) is 57.8 Å². The summed E-state index contributed by atoms with van der Waals surface area (Å²) in [5.74, 6) is 0.185. The molecule has 0 radical (unpaired) electrons. The lowest BCUT2D eigenvalue weighted by atomic mass is 10.1. The quantitative estimate of drug-likeness (QED) is 0.702. The summed E-state index contributed by atoms with van der Waals surface area (Å²) in [7, 11) is -2.29. The zero-order valence-corrected chi connectivity index (χ0v) is 14.3. The van der Waals surface area contributed by atoms with Gasteiger partial charge in [0.2, 0.25) is 10.0 Å². The maximum Gasteiger partial charge on any atom is 0.243 e. The summed E-state index contributed by atoms with van der Waals surface area (Å²) in [6, 6.07) is 12.6. The molecule has 0 amide bonds. The van der Waals surface area contributed by atoms with Crippen molar-refractivity contribution in [3.05, 3.63) is 65.7 Å². The second kappa shape index (κ2) is 6.37. The van der Waals surface area contributed by atoms with E-state index in [0.717, 1.165) is 28.4 Å². The van der Waals surface area contributed by atoms with Gasteiger partial charge in [-0.05, 0) is 24.3 Å². The van der Waals surface area contributed by atoms with Crippen LogP contribution >= 0.6 is 0 Å². The molecular formula is C18H18FNO3S. The fraction of sp³-hybridized carbons (Fsp3) is 0.222. The molecule has 2 aromatic carbocycles. The molecule has 4 nitrogen and oxygen atoms in total. The number of hydrogen-bond donors (Lipinski definition) is 0. The van der Waals surface area contributed by atoms with Gasteiger partial charge in [-0.2, -0.15) is 4.31 Å². The summed E-state index contributed by atoms with van der Waals surface area (Å²) in [5, 5.41) is 0.899. The van der Waals surface area contributed by atoms with E-state index in [1.165, 1.54) is 29.6 Å². The summed E-state index contributed by atoms with van der Waals surface area (Å²) in [5.41, 5.74) is 1.58. The van der Waals surface area contributed by atoms with Crippen LogP contribution in [0, 0.1) is 5.82 Å². The first kappa shape index (κ1) is 16.7. The van der Waals surface area contributed by atoms with Gasteiger partial charge in [-0.3, -0.25) is 0 Å². The number of halogens is 1. The van der Waals surface area contributed by atoms with Crippen LogP contribution in [-0.4, -0.2) is 19.8 Å². The van der Waals surface area contributed by atoms with Crippen molar-refractivity contribution >= 4 is 21.0 Å². The van der Waals surface area contributed by atoms with Crippen LogP contribution in [0.2, 0.25) is 0 Å². The lowest BCUT2D eigenvalue weighted by molar-refractivity contribution is 0.458. The van der Waals surface area contributed by atoms with Crippen LogP contribution < -0.4 is 0 Å². The molecule has 0 atom stereocenters. The van der Waals surface area contributed by atoms with Crippen LogP contribution in [0.25, 0.3) is 11.0 Å². The average molecular weight is 347 g/mol. The van der Waals surface area contributed by atoms with Crippen molar-refractivity contribution in [1.82, 2.24) is 4.31 Å². The highest BCUT2D eigenvalue weighted by Crippen LogP contribution is 2.28. The van der Waals surface area contributed by atoms with Gasteiger partial charge in [0.05, 0.1) is 4.90 Å². The van der Waals surface area contributed by atoms with Crippen LogP contribution in [0.3, 0.4) is 0 Å². The predicted molar refractivity (Wildman–Crippen MR) is 90.6 cm³/mol. The molecule has 1 aromatic heterocycles. The van der Waals surface area contributed by atoms with Gasteiger partial charge < -0.3 is 4.42 Å². The molecule has 0 saturated carbocycles. The number of rotatable bonds is 5. The smallest absolute Gasteiger partial charge is 0.243 e. The largest absolute Gasteiger partial charge is 0.461 e. The molecule has 3 aromatic rings. The number of hydrogen-bond acceptors (Lipinski definition) is 3. The maximum absolute atomic E-state index is 13.4. The highest BCUT2D eigenvalue weighted by atomic mass is 32.2. The maximum atomic E-state index is 13.4. The summed E-state index contributed by atoms with van der Waals surface area (Å²) >= 11 is 0. The molecule has 6 heteroatoms. The van der Waals surface area contributed by atoms with E-state index in [1.54, 1.807) is 0 Å². The van der Waals surface area contributed by atoms with Crippen molar-refractivity contribution in [3.63, 3.8) is 0 Å². The number of benzene rings is 2. The van der Waals surface area contributed by atoms with Crippen molar-refractivity contribution in [3.8, 4) is 0 Å². The Hall–Kier alpha value is -2.18. The van der Waals surface area contributed by atoms with E-state index in [-0.39, 0.29) is 11.4 Å². The monoisotopic (exact) mass is 347 g/mol. The molecule has 0 aliphatic carbocycles. The van der Waals surface area contributed by atoms with Gasteiger partial charge in [0.1, 0.15) is 17.2 Å². The Kier molecular flexibility index (Phi) is 4.43. The van der Waals surface area contributed by atoms with Gasteiger partial charge in [0.15, 0.2) is 0 Å². The second-order valence-corrected chi connectivity index (χ2v) is 7.62. The van der Waals surface area contributed by atoms with Crippen molar-refractivity contribution < 1.29 is 17.2 Å². The highest BCUT2D eigenvalue weighted by Gasteiger charge is 2.24. The van der Waals surface area contributed by atoms with Crippen molar-refractivity contribution in [1.29, 1.82) is 0 Å². The molecule has 0 aliphatic rings. The van der Waals surface area contributed by atoms with Crippen molar-refractivity contribution in [2.45, 2.75) is 24.8 Å². The minimum absolute atomic E-state index is 0.0594. The third-order valence-corrected chi connectivity index (χ3v) is 5.79. The molecule has 0 unspecified atom stereocenters. The Labute approximate surface area is 140 Å². The Bertz CT molecular complexity index is 979. The number of fused-ring (bicyclic) bond motifs is 1. The lowest BCUT2D eigenvalue weighted by Gasteiger charge is -2.17. The predicted octanol–water partition coefficient (Wildman–Crippen LogP) is 3.96. The first-order valence-corrected chi connectivity index (χ1v) is 9.08. The van der Waals surface area contributed by atoms with Gasteiger partial charge in [-0.15, -0.1) is 0 Å². The molecule has 0 bridgehead atoms. The van der Waals surface area contributed by atoms with E-state index in [4.69, 9.17) is 4.42 Å². The van der Waals surface area contributed by atoms with E-state index in [2.05, 4.69) is 0 Å².